The molecule has 2 rings (SSSR count). The van der Waals surface area contributed by atoms with Crippen molar-refractivity contribution in [3.63, 3.8) is 0 Å². The van der Waals surface area contributed by atoms with Crippen LogP contribution in [0.2, 0.25) is 0 Å². The Hall–Kier alpha value is -1.46. The average molecular weight is 353 g/mol. The highest BCUT2D eigenvalue weighted by molar-refractivity contribution is 5.79. The summed E-state index contributed by atoms with van der Waals surface area (Å²) in [7, 11) is 1.83. The lowest BCUT2D eigenvalue weighted by molar-refractivity contribution is 0.0490. The zero-order chi connectivity index (χ0) is 18.3. The lowest BCUT2D eigenvalue weighted by Crippen LogP contribution is -2.48. The third-order valence-electron chi connectivity index (χ3n) is 4.79. The van der Waals surface area contributed by atoms with Gasteiger partial charge in [0.2, 0.25) is 0 Å². The van der Waals surface area contributed by atoms with Gasteiger partial charge >= 0.3 is 6.09 Å². The van der Waals surface area contributed by atoms with Crippen LogP contribution in [0.5, 0.6) is 0 Å². The fourth-order valence-electron chi connectivity index (χ4n) is 3.25. The van der Waals surface area contributed by atoms with Gasteiger partial charge in [0.05, 0.1) is 0 Å². The predicted molar refractivity (Wildman–Crippen MR) is 102 cm³/mol. The van der Waals surface area contributed by atoms with Gasteiger partial charge in [-0.05, 0) is 65.2 Å². The number of nitrogens with one attached hydrogen (secondary N) is 3. The van der Waals surface area contributed by atoms with Gasteiger partial charge in [-0.25, -0.2) is 4.79 Å². The van der Waals surface area contributed by atoms with Gasteiger partial charge in [0, 0.05) is 25.7 Å². The van der Waals surface area contributed by atoms with Crippen LogP contribution >= 0.6 is 0 Å². The monoisotopic (exact) mass is 352 g/mol. The van der Waals surface area contributed by atoms with E-state index in [-0.39, 0.29) is 12.1 Å². The van der Waals surface area contributed by atoms with Crippen molar-refractivity contribution in [2.75, 3.05) is 13.6 Å². The largest absolute Gasteiger partial charge is 0.444 e. The summed E-state index contributed by atoms with van der Waals surface area (Å²) in [6.45, 7) is 6.65. The molecule has 3 N–H and O–H groups in total. The Kier molecular flexibility index (Phi) is 7.38. The van der Waals surface area contributed by atoms with Crippen LogP contribution in [0.1, 0.15) is 72.1 Å². The molecule has 2 saturated carbocycles. The van der Waals surface area contributed by atoms with Crippen molar-refractivity contribution in [3.8, 4) is 0 Å². The van der Waals surface area contributed by atoms with Gasteiger partial charge in [-0.1, -0.05) is 12.8 Å². The Bertz CT molecular complexity index is 447. The summed E-state index contributed by atoms with van der Waals surface area (Å²) in [5.41, 5.74) is -0.444. The van der Waals surface area contributed by atoms with E-state index in [2.05, 4.69) is 20.9 Å². The second-order valence-electron chi connectivity index (χ2n) is 8.42. The van der Waals surface area contributed by atoms with Crippen LogP contribution in [0, 0.1) is 5.92 Å². The molecule has 2 aliphatic carbocycles. The molecule has 0 saturated heterocycles. The molecule has 0 bridgehead atoms. The number of aliphatic imine (C=N–C) groups is 1. The Morgan fingerprint density at radius 3 is 2.16 bits per heavy atom. The molecule has 2 aliphatic rings. The van der Waals surface area contributed by atoms with Crippen LogP contribution in [0.3, 0.4) is 0 Å². The normalized spacial score (nSPS) is 24.6. The molecule has 25 heavy (non-hydrogen) atoms. The van der Waals surface area contributed by atoms with Crippen molar-refractivity contribution in [3.05, 3.63) is 0 Å². The highest BCUT2D eigenvalue weighted by Crippen LogP contribution is 2.33. The van der Waals surface area contributed by atoms with E-state index in [9.17, 15) is 4.79 Å². The first-order valence-corrected chi connectivity index (χ1v) is 9.82. The molecule has 144 valence electrons. The molecule has 6 heteroatoms. The van der Waals surface area contributed by atoms with Crippen molar-refractivity contribution >= 4 is 12.1 Å². The summed E-state index contributed by atoms with van der Waals surface area (Å²) in [6.07, 6.45) is 9.10. The van der Waals surface area contributed by atoms with Gasteiger partial charge in [-0.2, -0.15) is 0 Å². The summed E-state index contributed by atoms with van der Waals surface area (Å²) >= 11 is 0. The van der Waals surface area contributed by atoms with Crippen molar-refractivity contribution in [2.24, 2.45) is 10.9 Å². The van der Waals surface area contributed by atoms with Gasteiger partial charge < -0.3 is 20.7 Å². The molecular weight excluding hydrogens is 316 g/mol. The van der Waals surface area contributed by atoms with E-state index in [0.717, 1.165) is 44.1 Å². The van der Waals surface area contributed by atoms with E-state index < -0.39 is 5.60 Å². The van der Waals surface area contributed by atoms with Crippen LogP contribution in [-0.2, 0) is 4.74 Å². The van der Waals surface area contributed by atoms with Crippen LogP contribution in [0.15, 0.2) is 4.99 Å². The van der Waals surface area contributed by atoms with Gasteiger partial charge in [-0.15, -0.1) is 0 Å². The number of carbonyl (C=O) groups excluding carboxylic acids is 1. The lowest BCUT2D eigenvalue weighted by atomic mass is 9.91. The molecule has 0 atom stereocenters. The van der Waals surface area contributed by atoms with Crippen molar-refractivity contribution < 1.29 is 9.53 Å². The fourth-order valence-corrected chi connectivity index (χ4v) is 3.25. The molecule has 6 nitrogen and oxygen atoms in total. The minimum absolute atomic E-state index is 0.210. The van der Waals surface area contributed by atoms with Gasteiger partial charge in [0.25, 0.3) is 0 Å². The maximum absolute atomic E-state index is 11.9. The number of alkyl carbamates (subject to hydrolysis) is 1. The maximum atomic E-state index is 11.9. The standard InChI is InChI=1S/C19H36N4O2/c1-19(2,3)25-18(24)23-16-11-9-15(10-12-16)22-17(20-4)21-13-5-6-14-7-8-14/h14-16H,5-13H2,1-4H3,(H,23,24)(H2,20,21,22). The highest BCUT2D eigenvalue weighted by atomic mass is 16.6. The number of amides is 1. The fraction of sp³-hybridized carbons (Fsp3) is 0.895. The quantitative estimate of drug-likeness (QED) is 0.390. The Labute approximate surface area is 152 Å². The topological polar surface area (TPSA) is 74.8 Å². The summed E-state index contributed by atoms with van der Waals surface area (Å²) in [5, 5.41) is 9.92. The van der Waals surface area contributed by atoms with Crippen molar-refractivity contribution in [2.45, 2.75) is 89.8 Å². The summed E-state index contributed by atoms with van der Waals surface area (Å²) < 4.78 is 5.33. The zero-order valence-electron chi connectivity index (χ0n) is 16.4. The maximum Gasteiger partial charge on any atom is 0.407 e. The second kappa shape index (κ2) is 9.30. The van der Waals surface area contributed by atoms with Crippen molar-refractivity contribution in [1.29, 1.82) is 0 Å². The van der Waals surface area contributed by atoms with E-state index >= 15 is 0 Å². The average Bonchev–Trinajstić information content (AvgIpc) is 3.34. The molecule has 0 radical (unpaired) electrons. The van der Waals surface area contributed by atoms with Gasteiger partial charge in [0.15, 0.2) is 5.96 Å². The first kappa shape index (κ1) is 19.9. The molecule has 1 amide bonds. The van der Waals surface area contributed by atoms with E-state index in [1.165, 1.54) is 25.7 Å². The molecule has 0 aromatic carbocycles. The van der Waals surface area contributed by atoms with Gasteiger partial charge in [-0.3, -0.25) is 4.99 Å². The van der Waals surface area contributed by atoms with Gasteiger partial charge in [0.1, 0.15) is 5.60 Å². The smallest absolute Gasteiger partial charge is 0.407 e. The third-order valence-corrected chi connectivity index (χ3v) is 4.79. The first-order valence-electron chi connectivity index (χ1n) is 9.82. The molecule has 0 spiro atoms. The van der Waals surface area contributed by atoms with Crippen LogP contribution in [-0.4, -0.2) is 43.3 Å². The summed E-state index contributed by atoms with van der Waals surface area (Å²) in [5.74, 6) is 1.89. The molecule has 0 aliphatic heterocycles. The number of nitrogens with zero attached hydrogens (tertiary/aromatic N) is 1. The summed E-state index contributed by atoms with van der Waals surface area (Å²) in [4.78, 5) is 16.2. The SMILES string of the molecule is CN=C(NCCCC1CC1)NC1CCC(NC(=O)OC(C)(C)C)CC1. The minimum atomic E-state index is -0.444. The zero-order valence-corrected chi connectivity index (χ0v) is 16.4. The number of carbonyl (C=O) groups is 1. The number of hydrogen-bond donors (Lipinski definition) is 3. The molecule has 0 unspecified atom stereocenters. The van der Waals surface area contributed by atoms with E-state index in [1.807, 2.05) is 27.8 Å². The van der Waals surface area contributed by atoms with Crippen LogP contribution in [0.4, 0.5) is 4.79 Å². The Balaban J connectivity index is 1.60. The highest BCUT2D eigenvalue weighted by Gasteiger charge is 2.25. The Morgan fingerprint density at radius 1 is 1.04 bits per heavy atom. The van der Waals surface area contributed by atoms with Crippen LogP contribution in [0.25, 0.3) is 0 Å². The lowest BCUT2D eigenvalue weighted by Gasteiger charge is -2.31. The molecule has 0 aromatic rings. The second-order valence-corrected chi connectivity index (χ2v) is 8.42. The van der Waals surface area contributed by atoms with E-state index in [0.29, 0.717) is 6.04 Å². The summed E-state index contributed by atoms with van der Waals surface area (Å²) in [6, 6.07) is 0.632. The number of ether oxygens (including phenoxy) is 1. The molecule has 2 fully saturated rings. The minimum Gasteiger partial charge on any atom is -0.444 e. The molecule has 0 heterocycles. The van der Waals surface area contributed by atoms with E-state index in [4.69, 9.17) is 4.74 Å². The van der Waals surface area contributed by atoms with Crippen LogP contribution < -0.4 is 16.0 Å². The number of hydrogen-bond acceptors (Lipinski definition) is 3. The molecule has 0 aromatic heterocycles. The van der Waals surface area contributed by atoms with Crippen molar-refractivity contribution in [1.82, 2.24) is 16.0 Å². The predicted octanol–water partition coefficient (Wildman–Crippen LogP) is 3.18. The number of guanidine groups is 1. The Morgan fingerprint density at radius 2 is 1.64 bits per heavy atom. The van der Waals surface area contributed by atoms with E-state index in [1.54, 1.807) is 0 Å². The molecular formula is C19H36N4O2. The third kappa shape index (κ3) is 8.45. The number of rotatable bonds is 6. The first-order chi connectivity index (χ1) is 11.9.